The number of rotatable bonds is 2. The lowest BCUT2D eigenvalue weighted by Crippen LogP contribution is -2.24. The van der Waals surface area contributed by atoms with Gasteiger partial charge in [-0.05, 0) is 31.2 Å². The quantitative estimate of drug-likeness (QED) is 0.695. The number of aromatic nitrogens is 2. The third-order valence-corrected chi connectivity index (χ3v) is 4.12. The molecule has 2 heterocycles. The smallest absolute Gasteiger partial charge is 0.136 e. The largest absolute Gasteiger partial charge is 0.359 e. The Hall–Kier alpha value is -0.830. The summed E-state index contributed by atoms with van der Waals surface area (Å²) in [4.78, 5) is 0. The lowest BCUT2D eigenvalue weighted by molar-refractivity contribution is 0.270. The fourth-order valence-corrected chi connectivity index (χ4v) is 3.03. The maximum absolute atomic E-state index is 5.96. The normalized spacial score (nSPS) is 38.8. The van der Waals surface area contributed by atoms with Crippen LogP contribution in [0.5, 0.6) is 0 Å². The first-order valence-corrected chi connectivity index (χ1v) is 5.92. The zero-order valence-electron chi connectivity index (χ0n) is 9.44. The number of aryl methyl sites for hydroxylation is 1. The van der Waals surface area contributed by atoms with Crippen LogP contribution < -0.4 is 0 Å². The molecule has 0 spiro atoms. The van der Waals surface area contributed by atoms with E-state index < -0.39 is 0 Å². The van der Waals surface area contributed by atoms with Crippen LogP contribution >= 0.6 is 0 Å². The van der Waals surface area contributed by atoms with Crippen molar-refractivity contribution >= 4 is 0 Å². The Balaban J connectivity index is 1.83. The maximum atomic E-state index is 5.96. The van der Waals surface area contributed by atoms with Gasteiger partial charge in [0.2, 0.25) is 0 Å². The molecule has 0 aromatic carbocycles. The van der Waals surface area contributed by atoms with Crippen LogP contribution in [-0.4, -0.2) is 15.9 Å². The first-order valence-electron chi connectivity index (χ1n) is 5.92. The van der Waals surface area contributed by atoms with E-state index in [1.807, 2.05) is 17.9 Å². The lowest BCUT2D eigenvalue weighted by atomic mass is 9.79. The lowest BCUT2D eigenvalue weighted by Gasteiger charge is -2.23. The highest BCUT2D eigenvalue weighted by Gasteiger charge is 2.61. The van der Waals surface area contributed by atoms with Gasteiger partial charge in [-0.2, -0.15) is 5.10 Å². The van der Waals surface area contributed by atoms with Crippen LogP contribution in [0.2, 0.25) is 0 Å². The average molecular weight is 206 g/mol. The van der Waals surface area contributed by atoms with E-state index in [4.69, 9.17) is 4.74 Å². The van der Waals surface area contributed by atoms with Crippen molar-refractivity contribution in [3.63, 3.8) is 0 Å². The van der Waals surface area contributed by atoms with E-state index in [1.54, 1.807) is 0 Å². The average Bonchev–Trinajstić information content (AvgIpc) is 2.83. The van der Waals surface area contributed by atoms with Gasteiger partial charge in [-0.1, -0.05) is 13.3 Å². The second-order valence-corrected chi connectivity index (χ2v) is 4.88. The molecule has 15 heavy (non-hydrogen) atoms. The fraction of sp³-hybridized carbons (Fsp3) is 0.750. The minimum Gasteiger partial charge on any atom is -0.359 e. The highest BCUT2D eigenvalue weighted by molar-refractivity contribution is 5.23. The van der Waals surface area contributed by atoms with Crippen LogP contribution in [-0.2, 0) is 17.4 Å². The van der Waals surface area contributed by atoms with Gasteiger partial charge in [0.1, 0.15) is 5.60 Å². The van der Waals surface area contributed by atoms with Crippen molar-refractivity contribution in [2.45, 2.75) is 44.3 Å². The van der Waals surface area contributed by atoms with Gasteiger partial charge >= 0.3 is 0 Å². The summed E-state index contributed by atoms with van der Waals surface area (Å²) in [7, 11) is 2.01. The number of hydrogen-bond acceptors (Lipinski definition) is 2. The zero-order valence-corrected chi connectivity index (χ0v) is 9.44. The molecule has 0 bridgehead atoms. The number of hydrogen-bond donors (Lipinski definition) is 0. The third kappa shape index (κ3) is 1.26. The standard InChI is InChI=1S/C12H18N2O/c1-3-9-4-6-12(11(8-9)15-12)10-5-7-13-14(10)2/h5,7,9,11H,3-4,6,8H2,1-2H3/t9-,11+,12+/m1/s1. The minimum atomic E-state index is 0.0386. The number of epoxide rings is 1. The van der Waals surface area contributed by atoms with Gasteiger partial charge in [-0.3, -0.25) is 4.68 Å². The monoisotopic (exact) mass is 206 g/mol. The summed E-state index contributed by atoms with van der Waals surface area (Å²) in [6.45, 7) is 2.28. The zero-order chi connectivity index (χ0) is 10.5. The molecular weight excluding hydrogens is 188 g/mol. The summed E-state index contributed by atoms with van der Waals surface area (Å²) in [6.07, 6.45) is 7.35. The molecule has 1 aromatic rings. The van der Waals surface area contributed by atoms with Crippen LogP contribution in [0, 0.1) is 5.92 Å². The summed E-state index contributed by atoms with van der Waals surface area (Å²) in [5.74, 6) is 0.874. The van der Waals surface area contributed by atoms with Crippen LogP contribution in [0.25, 0.3) is 0 Å². The van der Waals surface area contributed by atoms with Crippen molar-refractivity contribution in [3.05, 3.63) is 18.0 Å². The van der Waals surface area contributed by atoms with Gasteiger partial charge in [-0.15, -0.1) is 0 Å². The predicted octanol–water partition coefficient (Wildman–Crippen LogP) is 2.22. The molecule has 1 aliphatic heterocycles. The van der Waals surface area contributed by atoms with Crippen LogP contribution in [0.4, 0.5) is 0 Å². The van der Waals surface area contributed by atoms with Gasteiger partial charge in [0.15, 0.2) is 0 Å². The van der Waals surface area contributed by atoms with Crippen molar-refractivity contribution in [2.24, 2.45) is 13.0 Å². The molecule has 0 radical (unpaired) electrons. The van der Waals surface area contributed by atoms with E-state index in [0.717, 1.165) is 5.92 Å². The van der Waals surface area contributed by atoms with Crippen LogP contribution in [0.15, 0.2) is 12.3 Å². The summed E-state index contributed by atoms with van der Waals surface area (Å²) in [5, 5.41) is 4.24. The van der Waals surface area contributed by atoms with Crippen LogP contribution in [0.1, 0.15) is 38.3 Å². The fourth-order valence-electron chi connectivity index (χ4n) is 3.03. The number of ether oxygens (including phenoxy) is 1. The SMILES string of the molecule is CC[C@@H]1CC[C@@]2(c3ccnn3C)O[C@H]2C1. The molecule has 3 rings (SSSR count). The molecule has 3 atom stereocenters. The highest BCUT2D eigenvalue weighted by atomic mass is 16.6. The van der Waals surface area contributed by atoms with Crippen molar-refractivity contribution in [1.82, 2.24) is 9.78 Å². The Morgan fingerprint density at radius 3 is 3.13 bits per heavy atom. The van der Waals surface area contributed by atoms with Crippen LogP contribution in [0.3, 0.4) is 0 Å². The first kappa shape index (κ1) is 9.40. The molecule has 2 fully saturated rings. The van der Waals surface area contributed by atoms with E-state index in [0.29, 0.717) is 6.10 Å². The van der Waals surface area contributed by atoms with Gasteiger partial charge in [0, 0.05) is 13.2 Å². The van der Waals surface area contributed by atoms with E-state index in [-0.39, 0.29) is 5.60 Å². The Morgan fingerprint density at radius 2 is 2.53 bits per heavy atom. The molecule has 1 saturated carbocycles. The van der Waals surface area contributed by atoms with Crippen molar-refractivity contribution < 1.29 is 4.74 Å². The number of nitrogens with zero attached hydrogens (tertiary/aromatic N) is 2. The second kappa shape index (κ2) is 3.08. The first-order chi connectivity index (χ1) is 7.26. The minimum absolute atomic E-state index is 0.0386. The summed E-state index contributed by atoms with van der Waals surface area (Å²) in [6, 6.07) is 2.10. The van der Waals surface area contributed by atoms with Gasteiger partial charge in [0.05, 0.1) is 11.8 Å². The molecule has 2 aliphatic rings. The van der Waals surface area contributed by atoms with E-state index >= 15 is 0 Å². The summed E-state index contributed by atoms with van der Waals surface area (Å²) in [5.41, 5.74) is 1.30. The summed E-state index contributed by atoms with van der Waals surface area (Å²) >= 11 is 0. The molecule has 0 N–H and O–H groups in total. The molecule has 3 nitrogen and oxygen atoms in total. The topological polar surface area (TPSA) is 30.4 Å². The van der Waals surface area contributed by atoms with Crippen molar-refractivity contribution in [3.8, 4) is 0 Å². The predicted molar refractivity (Wildman–Crippen MR) is 57.4 cm³/mol. The molecule has 0 unspecified atom stereocenters. The van der Waals surface area contributed by atoms with Gasteiger partial charge in [0.25, 0.3) is 0 Å². The van der Waals surface area contributed by atoms with E-state index in [1.165, 1.54) is 31.4 Å². The molecule has 82 valence electrons. The highest BCUT2D eigenvalue weighted by Crippen LogP contribution is 2.56. The number of fused-ring (bicyclic) bond motifs is 1. The Morgan fingerprint density at radius 1 is 1.67 bits per heavy atom. The summed E-state index contributed by atoms with van der Waals surface area (Å²) < 4.78 is 7.93. The molecule has 3 heteroatoms. The Kier molecular flexibility index (Phi) is 1.93. The molecule has 1 aromatic heterocycles. The molecule has 1 aliphatic carbocycles. The van der Waals surface area contributed by atoms with Crippen molar-refractivity contribution in [2.75, 3.05) is 0 Å². The maximum Gasteiger partial charge on any atom is 0.136 e. The third-order valence-electron chi connectivity index (χ3n) is 4.12. The second-order valence-electron chi connectivity index (χ2n) is 4.88. The van der Waals surface area contributed by atoms with E-state index in [9.17, 15) is 0 Å². The van der Waals surface area contributed by atoms with E-state index in [2.05, 4.69) is 18.1 Å². The van der Waals surface area contributed by atoms with Gasteiger partial charge < -0.3 is 4.74 Å². The molecular formula is C12H18N2O. The Labute approximate surface area is 90.4 Å². The molecule has 1 saturated heterocycles. The molecule has 0 amide bonds. The van der Waals surface area contributed by atoms with Gasteiger partial charge in [-0.25, -0.2) is 0 Å². The Bertz CT molecular complexity index is 373. The van der Waals surface area contributed by atoms with Crippen molar-refractivity contribution in [1.29, 1.82) is 0 Å².